The van der Waals surface area contributed by atoms with Crippen molar-refractivity contribution in [2.24, 2.45) is 0 Å². The van der Waals surface area contributed by atoms with Crippen molar-refractivity contribution in [2.45, 2.75) is 6.10 Å². The summed E-state index contributed by atoms with van der Waals surface area (Å²) in [4.78, 5) is 0. The van der Waals surface area contributed by atoms with Crippen LogP contribution in [0.1, 0.15) is 15.8 Å². The fourth-order valence-electron chi connectivity index (χ4n) is 1.12. The number of likely N-dealkylation sites (N-methyl/N-ethyl adjacent to an activating group) is 1. The summed E-state index contributed by atoms with van der Waals surface area (Å²) in [6.07, 6.45) is -0.982. The third-order valence-electron chi connectivity index (χ3n) is 1.88. The Morgan fingerprint density at radius 2 is 2.43 bits per heavy atom. The van der Waals surface area contributed by atoms with Crippen LogP contribution in [0.15, 0.2) is 18.2 Å². The van der Waals surface area contributed by atoms with Crippen molar-refractivity contribution >= 4 is 0 Å². The molecule has 0 fully saturated rings. The number of benzene rings is 1. The first-order valence-corrected chi connectivity index (χ1v) is 4.13. The van der Waals surface area contributed by atoms with E-state index in [2.05, 4.69) is 5.32 Å². The predicted molar refractivity (Wildman–Crippen MR) is 53.5 cm³/mol. The minimum atomic E-state index is -2.29. The number of methoxy groups -OCH3 is 1. The topological polar surface area (TPSA) is 61.7 Å². The van der Waals surface area contributed by atoms with Crippen molar-refractivity contribution in [3.63, 3.8) is 0 Å². The van der Waals surface area contributed by atoms with Crippen LogP contribution in [0, 0.1) is 0 Å². The average molecular weight is 201 g/mol. The van der Waals surface area contributed by atoms with Gasteiger partial charge in [-0.15, -0.1) is 0 Å². The fraction of sp³-hybridized carbons (Fsp3) is 0.400. The number of hydrogen-bond acceptors (Lipinski definition) is 4. The molecule has 1 atom stereocenters. The molecule has 0 bridgehead atoms. The van der Waals surface area contributed by atoms with E-state index in [0.29, 0.717) is 5.56 Å². The van der Waals surface area contributed by atoms with Crippen LogP contribution < -0.4 is 10.1 Å². The minimum Gasteiger partial charge on any atom is -0.504 e. The molecule has 0 aliphatic heterocycles. The highest BCUT2D eigenvalue weighted by atomic mass is 16.5. The molecule has 4 nitrogen and oxygen atoms in total. The molecule has 0 radical (unpaired) electrons. The van der Waals surface area contributed by atoms with Crippen LogP contribution in [0.5, 0.6) is 11.5 Å². The van der Waals surface area contributed by atoms with Crippen LogP contribution in [0.3, 0.4) is 0 Å². The van der Waals surface area contributed by atoms with Crippen LogP contribution in [0.25, 0.3) is 0 Å². The average Bonchev–Trinajstić information content (AvgIpc) is 2.25. The molecule has 14 heavy (non-hydrogen) atoms. The van der Waals surface area contributed by atoms with Crippen LogP contribution in [0.4, 0.5) is 0 Å². The summed E-state index contributed by atoms with van der Waals surface area (Å²) in [5.74, 6) is 0.197. The lowest BCUT2D eigenvalue weighted by Gasteiger charge is -2.12. The third kappa shape index (κ3) is 2.37. The van der Waals surface area contributed by atoms with Gasteiger partial charge in [0.05, 0.1) is 13.2 Å². The van der Waals surface area contributed by atoms with E-state index in [1.807, 2.05) is 0 Å². The zero-order valence-corrected chi connectivity index (χ0v) is 7.82. The molecule has 0 amide bonds. The molecule has 1 aromatic rings. The second-order valence-corrected chi connectivity index (χ2v) is 2.83. The molecule has 0 saturated carbocycles. The molecule has 1 unspecified atom stereocenters. The molecule has 0 heterocycles. The van der Waals surface area contributed by atoms with Crippen molar-refractivity contribution in [1.29, 1.82) is 0 Å². The van der Waals surface area contributed by atoms with Crippen molar-refractivity contribution in [1.82, 2.24) is 5.32 Å². The summed E-state index contributed by atoms with van der Waals surface area (Å²) < 4.78 is 25.7. The molecule has 0 aliphatic carbocycles. The van der Waals surface area contributed by atoms with Gasteiger partial charge in [-0.25, -0.2) is 0 Å². The molecule has 3 N–H and O–H groups in total. The van der Waals surface area contributed by atoms with E-state index in [9.17, 15) is 10.2 Å². The van der Waals surface area contributed by atoms with Crippen molar-refractivity contribution < 1.29 is 19.1 Å². The number of phenols is 1. The zero-order valence-electron chi connectivity index (χ0n) is 10.8. The number of aliphatic hydroxyl groups is 1. The third-order valence-corrected chi connectivity index (χ3v) is 1.88. The Morgan fingerprint density at radius 3 is 3.07 bits per heavy atom. The molecule has 0 aliphatic rings. The lowest BCUT2D eigenvalue weighted by Crippen LogP contribution is -2.16. The maximum Gasteiger partial charge on any atom is 0.160 e. The molecule has 0 aromatic heterocycles. The monoisotopic (exact) mass is 201 g/mol. The summed E-state index contributed by atoms with van der Waals surface area (Å²) in [6.45, 7) is -2.40. The van der Waals surface area contributed by atoms with Crippen molar-refractivity contribution in [2.75, 3.05) is 20.6 Å². The van der Waals surface area contributed by atoms with Gasteiger partial charge in [0.2, 0.25) is 0 Å². The van der Waals surface area contributed by atoms with Crippen LogP contribution in [-0.2, 0) is 0 Å². The van der Waals surface area contributed by atoms with E-state index in [0.717, 1.165) is 0 Å². The van der Waals surface area contributed by atoms with Gasteiger partial charge >= 0.3 is 0 Å². The first-order chi connectivity index (χ1) is 7.83. The van der Waals surface area contributed by atoms with Gasteiger partial charge in [0.15, 0.2) is 11.5 Å². The number of ether oxygens (including phenoxy) is 1. The standard InChI is InChI=1S/C10H15NO3/c1-11-6-9(13)7-3-4-8(12)10(5-7)14-2/h3-5,9,11-13H,6H2,1-2H3/i1+1D3. The van der Waals surface area contributed by atoms with Crippen molar-refractivity contribution in [3.05, 3.63) is 23.8 Å². The first kappa shape index (κ1) is 7.09. The molecule has 1 aromatic carbocycles. The van der Waals surface area contributed by atoms with Gasteiger partial charge in [-0.1, -0.05) is 6.07 Å². The zero-order chi connectivity index (χ0) is 13.1. The fourth-order valence-corrected chi connectivity index (χ4v) is 1.12. The molecule has 78 valence electrons. The molecule has 1 rings (SSSR count). The van der Waals surface area contributed by atoms with Gasteiger partial charge in [0.25, 0.3) is 0 Å². The molecule has 0 saturated heterocycles. The quantitative estimate of drug-likeness (QED) is 0.626. The van der Waals surface area contributed by atoms with E-state index >= 15 is 0 Å². The highest BCUT2D eigenvalue weighted by Gasteiger charge is 2.09. The van der Waals surface area contributed by atoms with Gasteiger partial charge in [-0.2, -0.15) is 0 Å². The van der Waals surface area contributed by atoms with Crippen LogP contribution >= 0.6 is 0 Å². The number of aliphatic hydroxyl groups excluding tert-OH is 1. The van der Waals surface area contributed by atoms with E-state index in [1.54, 1.807) is 0 Å². The van der Waals surface area contributed by atoms with Gasteiger partial charge in [-0.05, 0) is 24.7 Å². The second-order valence-electron chi connectivity index (χ2n) is 2.83. The Hall–Kier alpha value is -1.26. The maximum absolute atomic E-state index is 9.75. The van der Waals surface area contributed by atoms with E-state index in [-0.39, 0.29) is 18.0 Å². The Bertz CT molecular complexity index is 382. The summed E-state index contributed by atoms with van der Waals surface area (Å²) in [5, 5.41) is 21.3. The molecular weight excluding hydrogens is 183 g/mol. The van der Waals surface area contributed by atoms with E-state index in [4.69, 9.17) is 8.85 Å². The smallest absolute Gasteiger partial charge is 0.160 e. The van der Waals surface area contributed by atoms with Gasteiger partial charge < -0.3 is 20.3 Å². The summed E-state index contributed by atoms with van der Waals surface area (Å²) in [6, 6.07) is 4.34. The molecule has 0 spiro atoms. The number of nitrogens with one attached hydrogen (secondary N) is 1. The SMILES string of the molecule is [2H][13C]([2H])([2H])NCC(O)c1ccc(O)c(OC)c1. The molecule has 4 heteroatoms. The minimum absolute atomic E-state index is 0.0350. The number of hydrogen-bond donors (Lipinski definition) is 3. The number of aromatic hydroxyl groups is 1. The lowest BCUT2D eigenvalue weighted by molar-refractivity contribution is 0.177. The lowest BCUT2D eigenvalue weighted by atomic mass is 10.1. The molecular formula is C10H15NO3. The van der Waals surface area contributed by atoms with Crippen LogP contribution in [-0.4, -0.2) is 30.8 Å². The first-order valence-electron chi connectivity index (χ1n) is 5.63. The highest BCUT2D eigenvalue weighted by Crippen LogP contribution is 2.28. The summed E-state index contributed by atoms with van der Waals surface area (Å²) in [7, 11) is 1.39. The Balaban J connectivity index is 2.72. The largest absolute Gasteiger partial charge is 0.504 e. The van der Waals surface area contributed by atoms with Gasteiger partial charge in [0.1, 0.15) is 0 Å². The Kier molecular flexibility index (Phi) is 2.45. The van der Waals surface area contributed by atoms with Crippen LogP contribution in [0.2, 0.25) is 0 Å². The Morgan fingerprint density at radius 1 is 1.64 bits per heavy atom. The van der Waals surface area contributed by atoms with Gasteiger partial charge in [-0.3, -0.25) is 0 Å². The maximum atomic E-state index is 9.75. The highest BCUT2D eigenvalue weighted by molar-refractivity contribution is 5.42. The number of rotatable bonds is 4. The van der Waals surface area contributed by atoms with E-state index < -0.39 is 13.1 Å². The normalized spacial score (nSPS) is 16.6. The van der Waals surface area contributed by atoms with Gasteiger partial charge in [0, 0.05) is 10.7 Å². The second kappa shape index (κ2) is 4.83. The number of phenolic OH excluding ortho intramolecular Hbond substituents is 1. The summed E-state index contributed by atoms with van der Waals surface area (Å²) >= 11 is 0. The summed E-state index contributed by atoms with van der Waals surface area (Å²) in [5.41, 5.74) is 0.469. The van der Waals surface area contributed by atoms with E-state index in [1.165, 1.54) is 25.3 Å². The van der Waals surface area contributed by atoms with Crippen molar-refractivity contribution in [3.8, 4) is 11.5 Å². The Labute approximate surface area is 87.4 Å². The predicted octanol–water partition coefficient (Wildman–Crippen LogP) is 0.654.